The van der Waals surface area contributed by atoms with Crippen molar-refractivity contribution in [2.75, 3.05) is 12.4 Å². The number of carbonyl (C=O) groups excluding carboxylic acids is 1. The molecule has 35 heavy (non-hydrogen) atoms. The lowest BCUT2D eigenvalue weighted by Gasteiger charge is -2.14. The molecular weight excluding hydrogens is 485 g/mol. The van der Waals surface area contributed by atoms with E-state index in [2.05, 4.69) is 10.4 Å². The molecule has 0 atom stereocenters. The van der Waals surface area contributed by atoms with Crippen LogP contribution in [0.25, 0.3) is 0 Å². The second-order valence-corrected chi connectivity index (χ2v) is 8.95. The molecule has 0 aliphatic rings. The molecule has 0 radical (unpaired) electrons. The number of carbonyl (C=O) groups is 1. The van der Waals surface area contributed by atoms with Crippen LogP contribution in [-0.2, 0) is 13.2 Å². The fraction of sp³-hybridized carbons (Fsp3) is 0.185. The Morgan fingerprint density at radius 1 is 1.00 bits per heavy atom. The van der Waals surface area contributed by atoms with Gasteiger partial charge >= 0.3 is 0 Å². The van der Waals surface area contributed by atoms with Crippen molar-refractivity contribution < 1.29 is 14.3 Å². The number of nitrogens with one attached hydrogen (secondary N) is 1. The Hall–Kier alpha value is -3.48. The topological polar surface area (TPSA) is 65.4 Å². The number of aryl methyl sites for hydroxylation is 2. The maximum absolute atomic E-state index is 12.9. The molecule has 1 N–H and O–H groups in total. The average molecular weight is 510 g/mol. The zero-order chi connectivity index (χ0) is 24.9. The fourth-order valence-corrected chi connectivity index (χ4v) is 4.12. The van der Waals surface area contributed by atoms with Crippen molar-refractivity contribution in [1.82, 2.24) is 9.78 Å². The molecule has 4 aromatic rings. The minimum atomic E-state index is -0.290. The van der Waals surface area contributed by atoms with Crippen molar-refractivity contribution in [3.63, 3.8) is 0 Å². The predicted octanol–water partition coefficient (Wildman–Crippen LogP) is 6.69. The molecule has 0 aliphatic carbocycles. The monoisotopic (exact) mass is 509 g/mol. The van der Waals surface area contributed by atoms with Gasteiger partial charge in [0, 0.05) is 39.0 Å². The van der Waals surface area contributed by atoms with Gasteiger partial charge in [0.05, 0.1) is 13.7 Å². The summed E-state index contributed by atoms with van der Waals surface area (Å²) in [5, 5.41) is 8.38. The van der Waals surface area contributed by atoms with Gasteiger partial charge in [-0.1, -0.05) is 41.4 Å². The molecule has 0 unspecified atom stereocenters. The zero-order valence-corrected chi connectivity index (χ0v) is 21.2. The Bertz CT molecular complexity index is 1350. The summed E-state index contributed by atoms with van der Waals surface area (Å²) in [5.74, 6) is 1.57. The summed E-state index contributed by atoms with van der Waals surface area (Å²) in [6, 6.07) is 18.3. The van der Waals surface area contributed by atoms with Crippen molar-refractivity contribution in [2.24, 2.45) is 0 Å². The van der Waals surface area contributed by atoms with Gasteiger partial charge in [0.1, 0.15) is 18.1 Å². The van der Waals surface area contributed by atoms with E-state index < -0.39 is 0 Å². The standard InChI is InChI=1S/C27H25Cl2N3O3/c1-17-7-8-18(2)25(13-17)35-16-20-14-19(9-10-24(20)34-3)27(33)30-26-11-12-32(31-26)15-21-22(28)5-4-6-23(21)29/h4-14H,15-16H2,1-3H3,(H,30,31,33). The van der Waals surface area contributed by atoms with Gasteiger partial charge in [-0.2, -0.15) is 5.10 Å². The van der Waals surface area contributed by atoms with E-state index in [0.29, 0.717) is 33.7 Å². The third-order valence-electron chi connectivity index (χ3n) is 5.53. The van der Waals surface area contributed by atoms with Gasteiger partial charge in [0.2, 0.25) is 0 Å². The minimum absolute atomic E-state index is 0.266. The van der Waals surface area contributed by atoms with E-state index in [1.807, 2.05) is 32.0 Å². The summed E-state index contributed by atoms with van der Waals surface area (Å²) in [5.41, 5.74) is 4.15. The van der Waals surface area contributed by atoms with Crippen molar-refractivity contribution in [1.29, 1.82) is 0 Å². The molecule has 180 valence electrons. The van der Waals surface area contributed by atoms with Crippen LogP contribution in [0.2, 0.25) is 10.0 Å². The first-order chi connectivity index (χ1) is 16.8. The van der Waals surface area contributed by atoms with Crippen LogP contribution < -0.4 is 14.8 Å². The molecular formula is C27H25Cl2N3O3. The van der Waals surface area contributed by atoms with Crippen LogP contribution in [0.5, 0.6) is 11.5 Å². The van der Waals surface area contributed by atoms with E-state index in [-0.39, 0.29) is 12.5 Å². The molecule has 3 aromatic carbocycles. The number of anilines is 1. The number of hydrogen-bond donors (Lipinski definition) is 1. The number of rotatable bonds is 8. The van der Waals surface area contributed by atoms with Gasteiger partial charge in [-0.25, -0.2) is 0 Å². The fourth-order valence-electron chi connectivity index (χ4n) is 3.60. The van der Waals surface area contributed by atoms with E-state index in [0.717, 1.165) is 28.0 Å². The van der Waals surface area contributed by atoms with Crippen molar-refractivity contribution in [3.05, 3.63) is 105 Å². The molecule has 0 fully saturated rings. The minimum Gasteiger partial charge on any atom is -0.496 e. The summed E-state index contributed by atoms with van der Waals surface area (Å²) in [4.78, 5) is 12.9. The third-order valence-corrected chi connectivity index (χ3v) is 6.24. The lowest BCUT2D eigenvalue weighted by atomic mass is 10.1. The van der Waals surface area contributed by atoms with Gasteiger partial charge in [-0.3, -0.25) is 9.48 Å². The van der Waals surface area contributed by atoms with Crippen LogP contribution in [0.4, 0.5) is 5.82 Å². The molecule has 6 nitrogen and oxygen atoms in total. The molecule has 4 rings (SSSR count). The summed E-state index contributed by atoms with van der Waals surface area (Å²) in [6.45, 7) is 4.66. The van der Waals surface area contributed by atoms with Crippen LogP contribution in [-0.4, -0.2) is 22.8 Å². The highest BCUT2D eigenvalue weighted by Crippen LogP contribution is 2.26. The Morgan fingerprint density at radius 3 is 2.51 bits per heavy atom. The smallest absolute Gasteiger partial charge is 0.256 e. The average Bonchev–Trinajstić information content (AvgIpc) is 3.28. The summed E-state index contributed by atoms with van der Waals surface area (Å²) in [7, 11) is 1.59. The van der Waals surface area contributed by atoms with E-state index in [1.165, 1.54) is 0 Å². The molecule has 1 amide bonds. The highest BCUT2D eigenvalue weighted by molar-refractivity contribution is 6.35. The van der Waals surface area contributed by atoms with E-state index >= 15 is 0 Å². The number of ether oxygens (including phenoxy) is 2. The maximum Gasteiger partial charge on any atom is 0.256 e. The summed E-state index contributed by atoms with van der Waals surface area (Å²) in [6.07, 6.45) is 1.76. The largest absolute Gasteiger partial charge is 0.496 e. The lowest BCUT2D eigenvalue weighted by Crippen LogP contribution is -2.14. The van der Waals surface area contributed by atoms with Crippen LogP contribution in [0, 0.1) is 13.8 Å². The molecule has 0 saturated heterocycles. The molecule has 1 aromatic heterocycles. The SMILES string of the molecule is COc1ccc(C(=O)Nc2ccn(Cc3c(Cl)cccc3Cl)n2)cc1COc1cc(C)ccc1C. The number of aromatic nitrogens is 2. The van der Waals surface area contributed by atoms with Crippen molar-refractivity contribution in [3.8, 4) is 11.5 Å². The number of hydrogen-bond acceptors (Lipinski definition) is 4. The predicted molar refractivity (Wildman–Crippen MR) is 139 cm³/mol. The van der Waals surface area contributed by atoms with E-state index in [9.17, 15) is 4.79 Å². The van der Waals surface area contributed by atoms with E-state index in [1.54, 1.807) is 60.5 Å². The molecule has 1 heterocycles. The first-order valence-corrected chi connectivity index (χ1v) is 11.7. The highest BCUT2D eigenvalue weighted by Gasteiger charge is 2.14. The molecule has 8 heteroatoms. The highest BCUT2D eigenvalue weighted by atomic mass is 35.5. The summed E-state index contributed by atoms with van der Waals surface area (Å²) >= 11 is 12.5. The van der Waals surface area contributed by atoms with Crippen molar-refractivity contribution >= 4 is 34.9 Å². The van der Waals surface area contributed by atoms with Gasteiger partial charge in [0.15, 0.2) is 5.82 Å². The second kappa shape index (κ2) is 10.8. The van der Waals surface area contributed by atoms with E-state index in [4.69, 9.17) is 32.7 Å². The lowest BCUT2D eigenvalue weighted by molar-refractivity contribution is 0.102. The Morgan fingerprint density at radius 2 is 1.77 bits per heavy atom. The Labute approximate surface area is 214 Å². The molecule has 0 aliphatic heterocycles. The van der Waals surface area contributed by atoms with Gasteiger partial charge in [-0.15, -0.1) is 0 Å². The number of benzene rings is 3. The number of amides is 1. The first kappa shape index (κ1) is 24.6. The number of nitrogens with zero attached hydrogens (tertiary/aromatic N) is 2. The molecule has 0 saturated carbocycles. The Balaban J connectivity index is 1.46. The zero-order valence-electron chi connectivity index (χ0n) is 19.6. The normalized spacial score (nSPS) is 10.8. The summed E-state index contributed by atoms with van der Waals surface area (Å²) < 4.78 is 13.2. The molecule has 0 spiro atoms. The van der Waals surface area contributed by atoms with Gasteiger partial charge < -0.3 is 14.8 Å². The van der Waals surface area contributed by atoms with Gasteiger partial charge in [0.25, 0.3) is 5.91 Å². The van der Waals surface area contributed by atoms with Crippen LogP contribution in [0.3, 0.4) is 0 Å². The second-order valence-electron chi connectivity index (χ2n) is 8.14. The quantitative estimate of drug-likeness (QED) is 0.287. The van der Waals surface area contributed by atoms with Crippen LogP contribution in [0.1, 0.15) is 32.6 Å². The Kier molecular flexibility index (Phi) is 7.63. The molecule has 0 bridgehead atoms. The van der Waals surface area contributed by atoms with Gasteiger partial charge in [-0.05, 0) is 61.4 Å². The number of halogens is 2. The maximum atomic E-state index is 12.9. The first-order valence-electron chi connectivity index (χ1n) is 11.0. The van der Waals surface area contributed by atoms with Crippen molar-refractivity contribution in [2.45, 2.75) is 27.0 Å². The van der Waals surface area contributed by atoms with Crippen LogP contribution >= 0.6 is 23.2 Å². The number of methoxy groups -OCH3 is 1. The third kappa shape index (κ3) is 5.96. The van der Waals surface area contributed by atoms with Crippen LogP contribution in [0.15, 0.2) is 66.9 Å².